The van der Waals surface area contributed by atoms with E-state index in [1.54, 1.807) is 36.6 Å². The van der Waals surface area contributed by atoms with E-state index in [0.29, 0.717) is 36.8 Å². The van der Waals surface area contributed by atoms with E-state index in [4.69, 9.17) is 13.9 Å². The predicted molar refractivity (Wildman–Crippen MR) is 129 cm³/mol. The van der Waals surface area contributed by atoms with Crippen molar-refractivity contribution in [1.82, 2.24) is 4.57 Å². The molecular formula is C24H23BrN2O5S. The van der Waals surface area contributed by atoms with Crippen molar-refractivity contribution in [3.8, 4) is 5.75 Å². The Morgan fingerprint density at radius 1 is 1.27 bits per heavy atom. The predicted octanol–water partition coefficient (Wildman–Crippen LogP) is 3.94. The van der Waals surface area contributed by atoms with Gasteiger partial charge in [-0.1, -0.05) is 23.5 Å². The van der Waals surface area contributed by atoms with Crippen LogP contribution in [-0.2, 0) is 9.53 Å². The summed E-state index contributed by atoms with van der Waals surface area (Å²) < 4.78 is 19.2. The molecule has 2 aromatic heterocycles. The number of hydrogen-bond acceptors (Lipinski definition) is 7. The minimum absolute atomic E-state index is 0.0346. The lowest BCUT2D eigenvalue weighted by molar-refractivity contribution is -0.139. The lowest BCUT2D eigenvalue weighted by Gasteiger charge is -2.25. The third-order valence-corrected chi connectivity index (χ3v) is 6.36. The van der Waals surface area contributed by atoms with Gasteiger partial charge >= 0.3 is 5.97 Å². The number of halogens is 1. The molecule has 1 aliphatic heterocycles. The number of ether oxygens (including phenoxy) is 2. The molecule has 1 atom stereocenters. The van der Waals surface area contributed by atoms with Gasteiger partial charge in [0.25, 0.3) is 5.56 Å². The van der Waals surface area contributed by atoms with Crippen LogP contribution in [0.3, 0.4) is 0 Å². The molecule has 0 amide bonds. The Morgan fingerprint density at radius 2 is 2.00 bits per heavy atom. The van der Waals surface area contributed by atoms with Crippen molar-refractivity contribution in [3.05, 3.63) is 83.3 Å². The normalized spacial score (nSPS) is 16.1. The molecule has 0 spiro atoms. The van der Waals surface area contributed by atoms with E-state index in [2.05, 4.69) is 20.9 Å². The second-order valence-corrected chi connectivity index (χ2v) is 9.47. The Hall–Kier alpha value is -2.91. The van der Waals surface area contributed by atoms with Crippen molar-refractivity contribution in [2.24, 2.45) is 4.99 Å². The smallest absolute Gasteiger partial charge is 0.338 e. The first-order valence-corrected chi connectivity index (χ1v) is 12.1. The highest BCUT2D eigenvalue weighted by atomic mass is 79.9. The number of carbonyl (C=O) groups excluding carboxylic acids is 1. The Morgan fingerprint density at radius 3 is 2.61 bits per heavy atom. The first-order chi connectivity index (χ1) is 15.8. The van der Waals surface area contributed by atoms with E-state index in [9.17, 15) is 9.59 Å². The average Bonchev–Trinajstić information content (AvgIpc) is 3.30. The van der Waals surface area contributed by atoms with Crippen molar-refractivity contribution >= 4 is 39.3 Å². The number of thiazole rings is 1. The van der Waals surface area contributed by atoms with Gasteiger partial charge in [0, 0.05) is 6.08 Å². The zero-order valence-corrected chi connectivity index (χ0v) is 21.0. The largest absolute Gasteiger partial charge is 0.491 e. The quantitative estimate of drug-likeness (QED) is 0.450. The SMILES string of the molecule is CCOC(=O)C1=C(C)N=c2sc(=Cc3ccc(Br)o3)c(=O)n2[C@H]1c1ccc(OC(C)C)cc1. The molecule has 1 aromatic carbocycles. The van der Waals surface area contributed by atoms with Crippen molar-refractivity contribution in [3.63, 3.8) is 0 Å². The highest BCUT2D eigenvalue weighted by Gasteiger charge is 2.33. The molecule has 172 valence electrons. The van der Waals surface area contributed by atoms with Gasteiger partial charge in [0.1, 0.15) is 11.5 Å². The minimum Gasteiger partial charge on any atom is -0.491 e. The summed E-state index contributed by atoms with van der Waals surface area (Å²) in [5.74, 6) is 0.763. The van der Waals surface area contributed by atoms with Gasteiger partial charge < -0.3 is 13.9 Å². The van der Waals surface area contributed by atoms with Crippen molar-refractivity contribution in [1.29, 1.82) is 0 Å². The third-order valence-electron chi connectivity index (χ3n) is 4.95. The van der Waals surface area contributed by atoms with Crippen LogP contribution in [0.2, 0.25) is 0 Å². The molecule has 7 nitrogen and oxygen atoms in total. The fraction of sp³-hybridized carbons (Fsp3) is 0.292. The maximum atomic E-state index is 13.5. The van der Waals surface area contributed by atoms with Gasteiger partial charge in [-0.15, -0.1) is 0 Å². The highest BCUT2D eigenvalue weighted by molar-refractivity contribution is 9.10. The van der Waals surface area contributed by atoms with Crippen LogP contribution in [0.15, 0.2) is 66.5 Å². The fourth-order valence-electron chi connectivity index (χ4n) is 3.64. The number of allylic oxidation sites excluding steroid dienone is 1. The van der Waals surface area contributed by atoms with Gasteiger partial charge in [0.05, 0.1) is 34.6 Å². The number of nitrogens with zero attached hydrogens (tertiary/aromatic N) is 2. The van der Waals surface area contributed by atoms with Gasteiger partial charge in [-0.05, 0) is 73.5 Å². The summed E-state index contributed by atoms with van der Waals surface area (Å²) in [7, 11) is 0. The van der Waals surface area contributed by atoms with Gasteiger partial charge in [0.2, 0.25) is 0 Å². The summed E-state index contributed by atoms with van der Waals surface area (Å²) in [6.07, 6.45) is 1.71. The van der Waals surface area contributed by atoms with Gasteiger partial charge in [-0.25, -0.2) is 9.79 Å². The van der Waals surface area contributed by atoms with Crippen LogP contribution >= 0.6 is 27.3 Å². The van der Waals surface area contributed by atoms with E-state index in [1.807, 2.05) is 38.1 Å². The number of furan rings is 1. The Labute approximate surface area is 202 Å². The number of esters is 1. The summed E-state index contributed by atoms with van der Waals surface area (Å²) in [5.41, 5.74) is 1.37. The van der Waals surface area contributed by atoms with Gasteiger partial charge in [-0.3, -0.25) is 9.36 Å². The maximum Gasteiger partial charge on any atom is 0.338 e. The average molecular weight is 531 g/mol. The summed E-state index contributed by atoms with van der Waals surface area (Å²) in [5, 5.41) is 0. The molecule has 0 radical (unpaired) electrons. The molecule has 3 aromatic rings. The van der Waals surface area contributed by atoms with E-state index in [1.165, 1.54) is 11.3 Å². The van der Waals surface area contributed by atoms with Gasteiger partial charge in [0.15, 0.2) is 9.47 Å². The standard InChI is InChI=1S/C24H23BrN2O5S/c1-5-30-23(29)20-14(4)26-24-27(21(20)15-6-8-16(9-7-15)31-13(2)3)22(28)18(33-24)12-17-10-11-19(25)32-17/h6-13,21H,5H2,1-4H3/t21-/m0/s1. The molecule has 3 heterocycles. The molecule has 0 saturated carbocycles. The Kier molecular flexibility index (Phi) is 6.71. The monoisotopic (exact) mass is 530 g/mol. The zero-order valence-electron chi connectivity index (χ0n) is 18.6. The number of rotatable bonds is 6. The molecule has 0 unspecified atom stereocenters. The molecule has 33 heavy (non-hydrogen) atoms. The van der Waals surface area contributed by atoms with Crippen molar-refractivity contribution in [2.75, 3.05) is 6.61 Å². The highest BCUT2D eigenvalue weighted by Crippen LogP contribution is 2.31. The summed E-state index contributed by atoms with van der Waals surface area (Å²) in [6, 6.07) is 10.3. The molecule has 9 heteroatoms. The molecule has 0 fully saturated rings. The topological polar surface area (TPSA) is 83.0 Å². The molecule has 1 aliphatic rings. The van der Waals surface area contributed by atoms with Crippen LogP contribution in [0.1, 0.15) is 45.1 Å². The Bertz CT molecular complexity index is 1400. The van der Waals surface area contributed by atoms with Crippen LogP contribution in [-0.4, -0.2) is 23.2 Å². The van der Waals surface area contributed by atoms with E-state index in [0.717, 1.165) is 5.56 Å². The Balaban J connectivity index is 1.89. The fourth-order valence-corrected chi connectivity index (χ4v) is 4.99. The molecule has 0 saturated heterocycles. The van der Waals surface area contributed by atoms with E-state index < -0.39 is 12.0 Å². The molecule has 4 rings (SSSR count). The number of hydrogen-bond donors (Lipinski definition) is 0. The van der Waals surface area contributed by atoms with Crippen molar-refractivity contribution in [2.45, 2.75) is 39.8 Å². The van der Waals surface area contributed by atoms with E-state index >= 15 is 0 Å². The molecule has 0 aliphatic carbocycles. The molecule has 0 N–H and O–H groups in total. The van der Waals surface area contributed by atoms with E-state index in [-0.39, 0.29) is 18.3 Å². The van der Waals surface area contributed by atoms with Crippen LogP contribution in [0, 0.1) is 0 Å². The number of aromatic nitrogens is 1. The zero-order chi connectivity index (χ0) is 23.7. The number of carbonyl (C=O) groups is 1. The van der Waals surface area contributed by atoms with Crippen LogP contribution in [0.4, 0.5) is 0 Å². The number of benzene rings is 1. The van der Waals surface area contributed by atoms with Crippen molar-refractivity contribution < 1.29 is 18.7 Å². The lowest BCUT2D eigenvalue weighted by Crippen LogP contribution is -2.39. The second kappa shape index (κ2) is 9.52. The molecular weight excluding hydrogens is 508 g/mol. The first kappa shape index (κ1) is 23.3. The lowest BCUT2D eigenvalue weighted by atomic mass is 9.96. The summed E-state index contributed by atoms with van der Waals surface area (Å²) >= 11 is 4.52. The van der Waals surface area contributed by atoms with Crippen LogP contribution in [0.5, 0.6) is 5.75 Å². The van der Waals surface area contributed by atoms with Crippen LogP contribution < -0.4 is 19.6 Å². The summed E-state index contributed by atoms with van der Waals surface area (Å²) in [4.78, 5) is 31.5. The molecule has 0 bridgehead atoms. The number of fused-ring (bicyclic) bond motifs is 1. The van der Waals surface area contributed by atoms with Gasteiger partial charge in [-0.2, -0.15) is 0 Å². The van der Waals surface area contributed by atoms with Crippen LogP contribution in [0.25, 0.3) is 6.08 Å². The first-order valence-electron chi connectivity index (χ1n) is 10.5. The summed E-state index contributed by atoms with van der Waals surface area (Å²) in [6.45, 7) is 7.64. The second-order valence-electron chi connectivity index (χ2n) is 7.68. The minimum atomic E-state index is -0.668. The third kappa shape index (κ3) is 4.74. The maximum absolute atomic E-state index is 13.5.